The molecule has 0 saturated heterocycles. The Bertz CT molecular complexity index is 1180. The number of nitrogens with zero attached hydrogens (tertiary/aromatic N) is 1. The molecule has 0 fully saturated rings. The number of rotatable bonds is 3. The topological polar surface area (TPSA) is 71.7 Å². The lowest BCUT2D eigenvalue weighted by molar-refractivity contribution is 0.619. The molecule has 1 heterocycles. The van der Waals surface area contributed by atoms with Crippen molar-refractivity contribution in [3.63, 3.8) is 0 Å². The summed E-state index contributed by atoms with van der Waals surface area (Å²) in [5.41, 5.74) is 5.66. The molecule has 0 spiro atoms. The van der Waals surface area contributed by atoms with Gasteiger partial charge in [-0.3, -0.25) is 4.79 Å². The van der Waals surface area contributed by atoms with E-state index in [0.717, 1.165) is 33.3 Å². The van der Waals surface area contributed by atoms with Gasteiger partial charge < -0.3 is 9.73 Å². The van der Waals surface area contributed by atoms with Gasteiger partial charge in [-0.05, 0) is 59.6 Å². The van der Waals surface area contributed by atoms with Crippen molar-refractivity contribution in [3.05, 3.63) is 75.3 Å². The van der Waals surface area contributed by atoms with Crippen LogP contribution in [0.25, 0.3) is 33.4 Å². The van der Waals surface area contributed by atoms with Gasteiger partial charge in [0.05, 0.1) is 0 Å². The number of aryl methyl sites for hydroxylation is 1. The predicted octanol–water partition coefficient (Wildman–Crippen LogP) is 5.31. The maximum Gasteiger partial charge on any atom is 0.182 e. The molecule has 0 amide bonds. The maximum atomic E-state index is 11.8. The first-order valence-corrected chi connectivity index (χ1v) is 8.23. The van der Waals surface area contributed by atoms with E-state index < -0.39 is 0 Å². The van der Waals surface area contributed by atoms with Crippen molar-refractivity contribution in [2.45, 2.75) is 6.92 Å². The lowest BCUT2D eigenvalue weighted by atomic mass is 9.91. The molecule has 5 heteroatoms. The Balaban J connectivity index is 2.14. The van der Waals surface area contributed by atoms with Crippen LogP contribution in [0.1, 0.15) is 5.56 Å². The molecule has 0 atom stereocenters. The second-order valence-electron chi connectivity index (χ2n) is 6.19. The summed E-state index contributed by atoms with van der Waals surface area (Å²) in [6.07, 6.45) is 0. The van der Waals surface area contributed by atoms with E-state index in [9.17, 15) is 9.70 Å². The van der Waals surface area contributed by atoms with E-state index >= 15 is 0 Å². The summed E-state index contributed by atoms with van der Waals surface area (Å²) in [4.78, 5) is 22.7. The molecule has 2 aromatic rings. The van der Waals surface area contributed by atoms with E-state index in [0.29, 0.717) is 11.3 Å². The maximum absolute atomic E-state index is 11.8. The Kier molecular flexibility index (Phi) is 3.77. The number of hydrogen-bond donors (Lipinski definition) is 1. The van der Waals surface area contributed by atoms with Crippen LogP contribution in [0, 0.1) is 11.8 Å². The first-order valence-electron chi connectivity index (χ1n) is 8.23. The Hall–Kier alpha value is -3.47. The van der Waals surface area contributed by atoms with Gasteiger partial charge in [0.1, 0.15) is 17.0 Å². The van der Waals surface area contributed by atoms with Crippen LogP contribution in [0.4, 0.5) is 11.4 Å². The van der Waals surface area contributed by atoms with Crippen LogP contribution < -0.4 is 10.7 Å². The second kappa shape index (κ2) is 6.11. The molecule has 0 bridgehead atoms. The van der Waals surface area contributed by atoms with Gasteiger partial charge >= 0.3 is 0 Å². The molecule has 0 unspecified atom stereocenters. The Morgan fingerprint density at radius 1 is 0.962 bits per heavy atom. The molecular formula is C21H16N2O3. The largest absolute Gasteiger partial charge is 0.456 e. The molecule has 26 heavy (non-hydrogen) atoms. The summed E-state index contributed by atoms with van der Waals surface area (Å²) >= 11 is 0. The molecule has 2 aromatic carbocycles. The molecule has 0 radical (unpaired) electrons. The van der Waals surface area contributed by atoms with Crippen molar-refractivity contribution in [2.24, 2.45) is 5.18 Å². The average molecular weight is 344 g/mol. The first kappa shape index (κ1) is 16.0. The third-order valence-electron chi connectivity index (χ3n) is 4.57. The van der Waals surface area contributed by atoms with E-state index in [-0.39, 0.29) is 11.1 Å². The van der Waals surface area contributed by atoms with Crippen LogP contribution in [-0.2, 0) is 0 Å². The van der Waals surface area contributed by atoms with Gasteiger partial charge in [0.2, 0.25) is 0 Å². The average Bonchev–Trinajstić information content (AvgIpc) is 2.65. The summed E-state index contributed by atoms with van der Waals surface area (Å²) < 4.78 is 5.91. The van der Waals surface area contributed by atoms with E-state index in [4.69, 9.17) is 4.42 Å². The zero-order chi connectivity index (χ0) is 18.3. The van der Waals surface area contributed by atoms with Gasteiger partial charge in [0, 0.05) is 41.4 Å². The molecule has 1 aliphatic heterocycles. The van der Waals surface area contributed by atoms with Crippen LogP contribution in [0.5, 0.6) is 0 Å². The van der Waals surface area contributed by atoms with Crippen molar-refractivity contribution < 1.29 is 4.42 Å². The van der Waals surface area contributed by atoms with Crippen LogP contribution >= 0.6 is 0 Å². The van der Waals surface area contributed by atoms with Gasteiger partial charge in [0.25, 0.3) is 0 Å². The summed E-state index contributed by atoms with van der Waals surface area (Å²) in [5.74, 6) is 0.486. The molecule has 128 valence electrons. The minimum absolute atomic E-state index is 0.126. The SMILES string of the molecule is CNc1ccc(-c2c3ccc(=O)cc-3oc3cc(N=O)ccc23)c(C)c1. The highest BCUT2D eigenvalue weighted by Crippen LogP contribution is 2.42. The highest BCUT2D eigenvalue weighted by Gasteiger charge is 2.19. The molecule has 2 aliphatic rings. The molecule has 0 aromatic heterocycles. The monoisotopic (exact) mass is 344 g/mol. The standard InChI is InChI=1S/C21H16N2O3/c1-12-9-13(22-2)3-6-16(12)21-17-7-4-14(23-25)10-19(17)26-20-11-15(24)5-8-18(20)21/h3-11,22H,1-2H3. The van der Waals surface area contributed by atoms with Crippen molar-refractivity contribution in [3.8, 4) is 22.5 Å². The van der Waals surface area contributed by atoms with E-state index in [1.807, 2.05) is 32.2 Å². The zero-order valence-electron chi connectivity index (χ0n) is 14.4. The van der Waals surface area contributed by atoms with Crippen molar-refractivity contribution >= 4 is 22.3 Å². The molecule has 0 saturated carbocycles. The molecule has 1 aliphatic carbocycles. The highest BCUT2D eigenvalue weighted by atomic mass is 16.3. The fourth-order valence-electron chi connectivity index (χ4n) is 3.31. The first-order chi connectivity index (χ1) is 12.6. The molecule has 1 N–H and O–H groups in total. The number of benzene rings is 3. The van der Waals surface area contributed by atoms with E-state index in [1.54, 1.807) is 18.2 Å². The number of fused-ring (bicyclic) bond motifs is 2. The molecular weight excluding hydrogens is 328 g/mol. The summed E-state index contributed by atoms with van der Waals surface area (Å²) in [6.45, 7) is 2.04. The summed E-state index contributed by atoms with van der Waals surface area (Å²) in [5, 5.41) is 6.98. The lowest BCUT2D eigenvalue weighted by Gasteiger charge is -2.17. The van der Waals surface area contributed by atoms with Gasteiger partial charge in [-0.2, -0.15) is 0 Å². The third kappa shape index (κ3) is 2.54. The molecule has 4 rings (SSSR count). The van der Waals surface area contributed by atoms with Crippen molar-refractivity contribution in [2.75, 3.05) is 12.4 Å². The molecule has 5 nitrogen and oxygen atoms in total. The minimum atomic E-state index is -0.126. The van der Waals surface area contributed by atoms with Crippen molar-refractivity contribution in [1.82, 2.24) is 0 Å². The van der Waals surface area contributed by atoms with Gasteiger partial charge in [0.15, 0.2) is 5.43 Å². The minimum Gasteiger partial charge on any atom is -0.456 e. The van der Waals surface area contributed by atoms with Gasteiger partial charge in [-0.25, -0.2) is 0 Å². The third-order valence-corrected chi connectivity index (χ3v) is 4.57. The zero-order valence-corrected chi connectivity index (χ0v) is 14.4. The number of anilines is 1. The van der Waals surface area contributed by atoms with Crippen LogP contribution in [-0.4, -0.2) is 7.05 Å². The van der Waals surface area contributed by atoms with E-state index in [2.05, 4.69) is 16.6 Å². The quantitative estimate of drug-likeness (QED) is 0.404. The Morgan fingerprint density at radius 3 is 2.50 bits per heavy atom. The Labute approximate surface area is 149 Å². The Morgan fingerprint density at radius 2 is 1.77 bits per heavy atom. The van der Waals surface area contributed by atoms with Crippen LogP contribution in [0.3, 0.4) is 0 Å². The number of nitroso groups, excluding NO2 is 1. The van der Waals surface area contributed by atoms with Crippen molar-refractivity contribution in [1.29, 1.82) is 0 Å². The fourth-order valence-corrected chi connectivity index (χ4v) is 3.31. The highest BCUT2D eigenvalue weighted by molar-refractivity contribution is 6.03. The van der Waals surface area contributed by atoms with E-state index in [1.165, 1.54) is 12.1 Å². The fraction of sp³-hybridized carbons (Fsp3) is 0.0952. The smallest absolute Gasteiger partial charge is 0.182 e. The normalized spacial score (nSPS) is 11.0. The summed E-state index contributed by atoms with van der Waals surface area (Å²) in [7, 11) is 1.88. The summed E-state index contributed by atoms with van der Waals surface area (Å²) in [6, 6.07) is 16.0. The van der Waals surface area contributed by atoms with Crippen LogP contribution in [0.15, 0.2) is 69.0 Å². The van der Waals surface area contributed by atoms with Crippen LogP contribution in [0.2, 0.25) is 0 Å². The van der Waals surface area contributed by atoms with Gasteiger partial charge in [-0.1, -0.05) is 6.07 Å². The second-order valence-corrected chi connectivity index (χ2v) is 6.19. The van der Waals surface area contributed by atoms with Gasteiger partial charge in [-0.15, -0.1) is 4.91 Å². The number of nitrogens with one attached hydrogen (secondary N) is 1. The lowest BCUT2D eigenvalue weighted by Crippen LogP contribution is -2.00. The number of hydrogen-bond acceptors (Lipinski definition) is 5. The predicted molar refractivity (Wildman–Crippen MR) is 104 cm³/mol.